The van der Waals surface area contributed by atoms with Crippen LogP contribution in [0.4, 0.5) is 5.82 Å². The summed E-state index contributed by atoms with van der Waals surface area (Å²) in [7, 11) is 1.88. The largest absolute Gasteiger partial charge is 0.352 e. The number of amides is 1. The summed E-state index contributed by atoms with van der Waals surface area (Å²) in [6, 6.07) is 14.2. The molecule has 0 aliphatic carbocycles. The fraction of sp³-hybridized carbons (Fsp3) is 0.304. The standard InChI is InChI=1S/C23H25N7O/c1-27-21-19(16-26-27)22(25-17-24-21)29-12-14-30(15-13-29)23(31)20-8-5-10-28(20)11-9-18-6-3-2-4-7-18/h2-8,10,16-17H,9,11-15H2,1H3. The summed E-state index contributed by atoms with van der Waals surface area (Å²) in [6.07, 6.45) is 6.28. The van der Waals surface area contributed by atoms with Crippen LogP contribution in [0.1, 0.15) is 16.1 Å². The van der Waals surface area contributed by atoms with Crippen molar-refractivity contribution in [1.29, 1.82) is 0 Å². The lowest BCUT2D eigenvalue weighted by atomic mass is 10.1. The molecule has 8 nitrogen and oxygen atoms in total. The molecular weight excluding hydrogens is 390 g/mol. The number of anilines is 1. The van der Waals surface area contributed by atoms with Crippen LogP contribution in [0.15, 0.2) is 61.2 Å². The summed E-state index contributed by atoms with van der Waals surface area (Å²) in [6.45, 7) is 3.58. The SMILES string of the molecule is Cn1ncc2c(N3CCN(C(=O)c4cccn4CCc4ccccc4)CC3)ncnc21. The third-order valence-corrected chi connectivity index (χ3v) is 5.91. The fourth-order valence-corrected chi connectivity index (χ4v) is 4.18. The van der Waals surface area contributed by atoms with Crippen LogP contribution < -0.4 is 4.90 Å². The van der Waals surface area contributed by atoms with Crippen LogP contribution >= 0.6 is 0 Å². The zero-order chi connectivity index (χ0) is 21.2. The van der Waals surface area contributed by atoms with E-state index in [9.17, 15) is 4.79 Å². The van der Waals surface area contributed by atoms with Crippen LogP contribution in [0.25, 0.3) is 11.0 Å². The molecule has 0 spiro atoms. The predicted octanol–water partition coefficient (Wildman–Crippen LogP) is 2.37. The van der Waals surface area contributed by atoms with E-state index in [0.29, 0.717) is 13.1 Å². The van der Waals surface area contributed by atoms with Crippen molar-refractivity contribution in [3.63, 3.8) is 0 Å². The second-order valence-electron chi connectivity index (χ2n) is 7.80. The highest BCUT2D eigenvalue weighted by molar-refractivity contribution is 5.93. The van der Waals surface area contributed by atoms with E-state index in [1.165, 1.54) is 5.56 Å². The molecule has 0 saturated carbocycles. The van der Waals surface area contributed by atoms with Crippen LogP contribution in [-0.2, 0) is 20.0 Å². The van der Waals surface area contributed by atoms with E-state index < -0.39 is 0 Å². The van der Waals surface area contributed by atoms with Crippen LogP contribution in [0.2, 0.25) is 0 Å². The quantitative estimate of drug-likeness (QED) is 0.500. The average Bonchev–Trinajstić information content (AvgIpc) is 3.45. The fourth-order valence-electron chi connectivity index (χ4n) is 4.18. The molecular formula is C23H25N7O. The van der Waals surface area contributed by atoms with Gasteiger partial charge in [-0.1, -0.05) is 30.3 Å². The molecule has 158 valence electrons. The molecule has 0 unspecified atom stereocenters. The first-order chi connectivity index (χ1) is 15.2. The number of carbonyl (C=O) groups excluding carboxylic acids is 1. The molecule has 3 aromatic heterocycles. The van der Waals surface area contributed by atoms with Gasteiger partial charge in [-0.05, 0) is 24.1 Å². The molecule has 0 bridgehead atoms. The van der Waals surface area contributed by atoms with Gasteiger partial charge in [0.15, 0.2) is 5.65 Å². The van der Waals surface area contributed by atoms with Crippen LogP contribution in [0.3, 0.4) is 0 Å². The van der Waals surface area contributed by atoms with E-state index in [-0.39, 0.29) is 5.91 Å². The molecule has 4 heterocycles. The minimum atomic E-state index is 0.0897. The second-order valence-corrected chi connectivity index (χ2v) is 7.80. The van der Waals surface area contributed by atoms with Crippen molar-refractivity contribution in [1.82, 2.24) is 29.2 Å². The van der Waals surface area contributed by atoms with Crippen molar-refractivity contribution >= 4 is 22.8 Å². The van der Waals surface area contributed by atoms with Gasteiger partial charge >= 0.3 is 0 Å². The van der Waals surface area contributed by atoms with Crippen molar-refractivity contribution in [2.24, 2.45) is 7.05 Å². The minimum absolute atomic E-state index is 0.0897. The normalized spacial score (nSPS) is 14.4. The van der Waals surface area contributed by atoms with Gasteiger partial charge in [0.1, 0.15) is 17.8 Å². The Balaban J connectivity index is 1.25. The summed E-state index contributed by atoms with van der Waals surface area (Å²) >= 11 is 0. The van der Waals surface area contributed by atoms with Gasteiger partial charge in [0.2, 0.25) is 0 Å². The smallest absolute Gasteiger partial charge is 0.270 e. The Kier molecular flexibility index (Phi) is 5.11. The van der Waals surface area contributed by atoms with Crippen LogP contribution in [0, 0.1) is 0 Å². The highest BCUT2D eigenvalue weighted by Gasteiger charge is 2.25. The Morgan fingerprint density at radius 2 is 1.81 bits per heavy atom. The predicted molar refractivity (Wildman–Crippen MR) is 119 cm³/mol. The molecule has 1 amide bonds. The number of benzene rings is 1. The number of hydrogen-bond acceptors (Lipinski definition) is 5. The molecule has 0 N–H and O–H groups in total. The van der Waals surface area contributed by atoms with Gasteiger partial charge in [-0.25, -0.2) is 9.97 Å². The molecule has 1 saturated heterocycles. The molecule has 31 heavy (non-hydrogen) atoms. The summed E-state index contributed by atoms with van der Waals surface area (Å²) in [4.78, 5) is 26.2. The maximum Gasteiger partial charge on any atom is 0.270 e. The van der Waals surface area contributed by atoms with E-state index in [4.69, 9.17) is 0 Å². The highest BCUT2D eigenvalue weighted by atomic mass is 16.2. The van der Waals surface area contributed by atoms with Gasteiger partial charge in [-0.15, -0.1) is 0 Å². The number of rotatable bonds is 5. The number of hydrogen-bond donors (Lipinski definition) is 0. The Morgan fingerprint density at radius 3 is 2.61 bits per heavy atom. The number of aryl methyl sites for hydroxylation is 3. The second kappa shape index (κ2) is 8.22. The molecule has 4 aromatic rings. The van der Waals surface area contributed by atoms with Gasteiger partial charge < -0.3 is 14.4 Å². The average molecular weight is 416 g/mol. The number of nitrogens with zero attached hydrogens (tertiary/aromatic N) is 7. The van der Waals surface area contributed by atoms with Crippen molar-refractivity contribution < 1.29 is 4.79 Å². The Morgan fingerprint density at radius 1 is 1.00 bits per heavy atom. The summed E-state index contributed by atoms with van der Waals surface area (Å²) < 4.78 is 3.81. The third-order valence-electron chi connectivity index (χ3n) is 5.91. The molecule has 1 aromatic carbocycles. The summed E-state index contributed by atoms with van der Waals surface area (Å²) in [5, 5.41) is 5.24. The van der Waals surface area contributed by atoms with Crippen LogP contribution in [-0.4, -0.2) is 61.3 Å². The van der Waals surface area contributed by atoms with Gasteiger partial charge in [0.25, 0.3) is 5.91 Å². The van der Waals surface area contributed by atoms with Gasteiger partial charge in [0.05, 0.1) is 11.6 Å². The zero-order valence-electron chi connectivity index (χ0n) is 17.6. The van der Waals surface area contributed by atoms with Gasteiger partial charge in [0, 0.05) is 46.0 Å². The van der Waals surface area contributed by atoms with Gasteiger partial charge in [-0.2, -0.15) is 5.10 Å². The highest BCUT2D eigenvalue weighted by Crippen LogP contribution is 2.23. The monoisotopic (exact) mass is 415 g/mol. The molecule has 1 fully saturated rings. The molecule has 1 aliphatic heterocycles. The number of fused-ring (bicyclic) bond motifs is 1. The van der Waals surface area contributed by atoms with Crippen molar-refractivity contribution in [2.45, 2.75) is 13.0 Å². The van der Waals surface area contributed by atoms with E-state index in [2.05, 4.69) is 36.7 Å². The molecule has 0 radical (unpaired) electrons. The number of piperazine rings is 1. The lowest BCUT2D eigenvalue weighted by molar-refractivity contribution is 0.0735. The number of carbonyl (C=O) groups is 1. The summed E-state index contributed by atoms with van der Waals surface area (Å²) in [5.41, 5.74) is 2.84. The number of aromatic nitrogens is 5. The van der Waals surface area contributed by atoms with E-state index in [0.717, 1.165) is 48.6 Å². The van der Waals surface area contributed by atoms with E-state index in [1.807, 2.05) is 54.7 Å². The van der Waals surface area contributed by atoms with Crippen LogP contribution in [0.5, 0.6) is 0 Å². The third kappa shape index (κ3) is 3.76. The Bertz CT molecular complexity index is 1190. The van der Waals surface area contributed by atoms with E-state index in [1.54, 1.807) is 11.0 Å². The lowest BCUT2D eigenvalue weighted by Gasteiger charge is -2.35. The van der Waals surface area contributed by atoms with E-state index >= 15 is 0 Å². The topological polar surface area (TPSA) is 72.1 Å². The molecule has 8 heteroatoms. The van der Waals surface area contributed by atoms with Crippen molar-refractivity contribution in [3.05, 3.63) is 72.4 Å². The van der Waals surface area contributed by atoms with Crippen molar-refractivity contribution in [3.8, 4) is 0 Å². The Hall–Kier alpha value is -3.68. The molecule has 5 rings (SSSR count). The first-order valence-electron chi connectivity index (χ1n) is 10.6. The minimum Gasteiger partial charge on any atom is -0.352 e. The zero-order valence-corrected chi connectivity index (χ0v) is 17.6. The lowest BCUT2D eigenvalue weighted by Crippen LogP contribution is -2.49. The summed E-state index contributed by atoms with van der Waals surface area (Å²) in [5.74, 6) is 0.975. The maximum atomic E-state index is 13.2. The maximum absolute atomic E-state index is 13.2. The first kappa shape index (κ1) is 19.3. The molecule has 0 atom stereocenters. The Labute approximate surface area is 180 Å². The molecule has 1 aliphatic rings. The van der Waals surface area contributed by atoms with Gasteiger partial charge in [-0.3, -0.25) is 9.48 Å². The first-order valence-corrected chi connectivity index (χ1v) is 10.6. The van der Waals surface area contributed by atoms with Crippen molar-refractivity contribution in [2.75, 3.05) is 31.1 Å².